The number of nitrogens with one attached hydrogen (secondary N) is 1. The summed E-state index contributed by atoms with van der Waals surface area (Å²) in [6.07, 6.45) is 6.16. The van der Waals surface area contributed by atoms with Crippen LogP contribution in [0.5, 0.6) is 0 Å². The fourth-order valence-electron chi connectivity index (χ4n) is 4.19. The predicted octanol–water partition coefficient (Wildman–Crippen LogP) is 4.02. The number of pyridine rings is 1. The van der Waals surface area contributed by atoms with E-state index in [0.29, 0.717) is 33.3 Å². The second kappa shape index (κ2) is 8.86. The maximum atomic E-state index is 13.8. The highest BCUT2D eigenvalue weighted by Gasteiger charge is 2.23. The summed E-state index contributed by atoms with van der Waals surface area (Å²) in [6, 6.07) is 12.4. The van der Waals surface area contributed by atoms with Crippen molar-refractivity contribution in [2.45, 2.75) is 19.4 Å². The molecule has 4 aromatic heterocycles. The molecule has 1 atom stereocenters. The molecule has 0 saturated heterocycles. The minimum absolute atomic E-state index is 0.0113. The summed E-state index contributed by atoms with van der Waals surface area (Å²) < 4.78 is 15.5. The number of rotatable bonds is 8. The van der Waals surface area contributed by atoms with Gasteiger partial charge in [-0.05, 0) is 24.1 Å². The zero-order valence-corrected chi connectivity index (χ0v) is 18.0. The van der Waals surface area contributed by atoms with Gasteiger partial charge in [-0.2, -0.15) is 0 Å². The average molecular weight is 457 g/mol. The number of carboxylic acids is 1. The Morgan fingerprint density at radius 3 is 2.71 bits per heavy atom. The molecule has 2 N–H and O–H groups in total. The first-order valence-corrected chi connectivity index (χ1v) is 10.7. The van der Waals surface area contributed by atoms with E-state index >= 15 is 0 Å². The number of hydrogen-bond donors (Lipinski definition) is 2. The van der Waals surface area contributed by atoms with Crippen molar-refractivity contribution in [2.75, 3.05) is 0 Å². The van der Waals surface area contributed by atoms with Gasteiger partial charge in [-0.15, -0.1) is 0 Å². The van der Waals surface area contributed by atoms with Crippen LogP contribution in [0.2, 0.25) is 0 Å². The van der Waals surface area contributed by atoms with Crippen molar-refractivity contribution in [2.24, 2.45) is 5.92 Å². The molecule has 170 valence electrons. The highest BCUT2D eigenvalue weighted by Crippen LogP contribution is 2.31. The molecule has 0 aliphatic heterocycles. The fourth-order valence-corrected chi connectivity index (χ4v) is 4.19. The number of carboxylic acid groups (broad SMARTS) is 1. The van der Waals surface area contributed by atoms with Gasteiger partial charge >= 0.3 is 5.97 Å². The van der Waals surface area contributed by atoms with Crippen LogP contribution in [0, 0.1) is 11.7 Å². The number of Topliss-reactive ketones (excluding diaryl/α,β-unsaturated/α-hetero) is 1. The number of carbonyl (C=O) groups excluding carboxylic acids is 1. The number of benzene rings is 1. The number of aromatic amines is 1. The molecule has 9 heteroatoms. The second-order valence-electron chi connectivity index (χ2n) is 8.12. The summed E-state index contributed by atoms with van der Waals surface area (Å²) in [5, 5.41) is 10.9. The molecule has 1 aromatic carbocycles. The number of ketones is 1. The van der Waals surface area contributed by atoms with Crippen LogP contribution < -0.4 is 0 Å². The number of nitrogens with zero attached hydrogens (tertiary/aromatic N) is 4. The minimum atomic E-state index is -1.00. The van der Waals surface area contributed by atoms with E-state index in [9.17, 15) is 19.1 Å². The maximum absolute atomic E-state index is 13.8. The van der Waals surface area contributed by atoms with Gasteiger partial charge in [-0.25, -0.2) is 19.3 Å². The van der Waals surface area contributed by atoms with Crippen molar-refractivity contribution >= 4 is 33.8 Å². The van der Waals surface area contributed by atoms with Crippen molar-refractivity contribution < 1.29 is 19.1 Å². The summed E-state index contributed by atoms with van der Waals surface area (Å²) in [5.41, 5.74) is 3.20. The van der Waals surface area contributed by atoms with Gasteiger partial charge in [0.1, 0.15) is 23.4 Å². The highest BCUT2D eigenvalue weighted by molar-refractivity contribution is 6.01. The third-order valence-corrected chi connectivity index (χ3v) is 5.80. The van der Waals surface area contributed by atoms with Gasteiger partial charge in [-0.3, -0.25) is 9.59 Å². The topological polar surface area (TPSA) is 114 Å². The molecular formula is C25H20FN5O3. The first-order valence-electron chi connectivity index (χ1n) is 10.7. The van der Waals surface area contributed by atoms with Crippen LogP contribution in [0.1, 0.15) is 12.0 Å². The SMILES string of the molecule is O=C(C[C@@H](Cc1ccccc1)C(=O)O)Cn1ccc2c(-c3c[nH]c4ncc(F)cc34)ncnc21. The van der Waals surface area contributed by atoms with Crippen molar-refractivity contribution in [3.63, 3.8) is 0 Å². The first-order chi connectivity index (χ1) is 16.5. The van der Waals surface area contributed by atoms with Crippen LogP contribution in [0.3, 0.4) is 0 Å². The molecule has 0 saturated carbocycles. The van der Waals surface area contributed by atoms with E-state index < -0.39 is 17.7 Å². The molecule has 5 aromatic rings. The monoisotopic (exact) mass is 457 g/mol. The number of halogens is 1. The third-order valence-electron chi connectivity index (χ3n) is 5.80. The molecule has 0 radical (unpaired) electrons. The molecule has 0 aliphatic carbocycles. The summed E-state index contributed by atoms with van der Waals surface area (Å²) >= 11 is 0. The second-order valence-corrected chi connectivity index (χ2v) is 8.12. The Hall–Kier alpha value is -4.40. The number of fused-ring (bicyclic) bond motifs is 2. The summed E-state index contributed by atoms with van der Waals surface area (Å²) in [4.78, 5) is 40.3. The fraction of sp³-hybridized carbons (Fsp3) is 0.160. The molecule has 0 fully saturated rings. The zero-order valence-electron chi connectivity index (χ0n) is 18.0. The lowest BCUT2D eigenvalue weighted by molar-refractivity contribution is -0.143. The molecule has 0 aliphatic rings. The van der Waals surface area contributed by atoms with Gasteiger partial charge in [0.05, 0.1) is 24.4 Å². The van der Waals surface area contributed by atoms with Crippen LogP contribution >= 0.6 is 0 Å². The lowest BCUT2D eigenvalue weighted by atomic mass is 9.94. The van der Waals surface area contributed by atoms with Crippen LogP contribution in [-0.4, -0.2) is 41.4 Å². The van der Waals surface area contributed by atoms with Crippen molar-refractivity contribution in [3.05, 3.63) is 78.8 Å². The molecule has 0 spiro atoms. The number of aromatic nitrogens is 5. The standard InChI is InChI=1S/C25H20FN5O3/c26-17-10-20-21(12-28-23(20)27-11-17)22-19-6-7-31(24(19)30-14-29-22)13-18(32)9-16(25(33)34)8-15-4-2-1-3-5-15/h1-7,10-12,14,16H,8-9,13H2,(H,27,28)(H,33,34)/t16-/m1/s1. The van der Waals surface area contributed by atoms with Crippen molar-refractivity contribution in [3.8, 4) is 11.3 Å². The van der Waals surface area contributed by atoms with E-state index in [4.69, 9.17) is 0 Å². The zero-order chi connectivity index (χ0) is 23.7. The quantitative estimate of drug-likeness (QED) is 0.364. The summed E-state index contributed by atoms with van der Waals surface area (Å²) in [5.74, 6) is -2.47. The lowest BCUT2D eigenvalue weighted by Crippen LogP contribution is -2.22. The van der Waals surface area contributed by atoms with E-state index in [1.54, 1.807) is 23.0 Å². The molecule has 8 nitrogen and oxygen atoms in total. The van der Waals surface area contributed by atoms with Crippen LogP contribution in [0.4, 0.5) is 4.39 Å². The van der Waals surface area contributed by atoms with E-state index in [1.165, 1.54) is 12.4 Å². The van der Waals surface area contributed by atoms with Gasteiger partial charge in [0.2, 0.25) is 0 Å². The lowest BCUT2D eigenvalue weighted by Gasteiger charge is -2.12. The average Bonchev–Trinajstić information content (AvgIpc) is 3.43. The molecule has 0 unspecified atom stereocenters. The number of hydrogen-bond acceptors (Lipinski definition) is 5. The van der Waals surface area contributed by atoms with Crippen LogP contribution in [0.15, 0.2) is 67.4 Å². The van der Waals surface area contributed by atoms with Gasteiger partial charge in [0, 0.05) is 35.2 Å². The van der Waals surface area contributed by atoms with E-state index in [0.717, 1.165) is 11.8 Å². The van der Waals surface area contributed by atoms with Crippen molar-refractivity contribution in [1.82, 2.24) is 24.5 Å². The Balaban J connectivity index is 1.40. The predicted molar refractivity (Wildman–Crippen MR) is 123 cm³/mol. The van der Waals surface area contributed by atoms with Gasteiger partial charge < -0.3 is 14.7 Å². The maximum Gasteiger partial charge on any atom is 0.307 e. The summed E-state index contributed by atoms with van der Waals surface area (Å²) in [6.45, 7) is -0.0113. The first kappa shape index (κ1) is 21.4. The van der Waals surface area contributed by atoms with E-state index in [1.807, 2.05) is 30.3 Å². The molecule has 5 rings (SSSR count). The van der Waals surface area contributed by atoms with Crippen molar-refractivity contribution in [1.29, 1.82) is 0 Å². The van der Waals surface area contributed by atoms with Gasteiger partial charge in [0.25, 0.3) is 0 Å². The minimum Gasteiger partial charge on any atom is -0.481 e. The Labute approximate surface area is 193 Å². The Morgan fingerprint density at radius 1 is 1.09 bits per heavy atom. The number of H-pyrrole nitrogens is 1. The number of carbonyl (C=O) groups is 2. The molecule has 34 heavy (non-hydrogen) atoms. The van der Waals surface area contributed by atoms with E-state index in [2.05, 4.69) is 19.9 Å². The largest absolute Gasteiger partial charge is 0.481 e. The van der Waals surface area contributed by atoms with Crippen LogP contribution in [-0.2, 0) is 22.6 Å². The Bertz CT molecular complexity index is 1510. The van der Waals surface area contributed by atoms with Crippen LogP contribution in [0.25, 0.3) is 33.3 Å². The molecule has 4 heterocycles. The number of aliphatic carboxylic acids is 1. The molecular weight excluding hydrogens is 437 g/mol. The van der Waals surface area contributed by atoms with Gasteiger partial charge in [-0.1, -0.05) is 30.3 Å². The molecule has 0 bridgehead atoms. The highest BCUT2D eigenvalue weighted by atomic mass is 19.1. The van der Waals surface area contributed by atoms with E-state index in [-0.39, 0.29) is 25.2 Å². The smallest absolute Gasteiger partial charge is 0.307 e. The third kappa shape index (κ3) is 4.15. The molecule has 0 amide bonds. The normalized spacial score (nSPS) is 12.3. The Morgan fingerprint density at radius 2 is 1.91 bits per heavy atom. The van der Waals surface area contributed by atoms with Gasteiger partial charge in [0.15, 0.2) is 5.78 Å². The summed E-state index contributed by atoms with van der Waals surface area (Å²) in [7, 11) is 0. The Kier molecular flexibility index (Phi) is 5.59.